The van der Waals surface area contributed by atoms with E-state index in [2.05, 4.69) is 53.7 Å². The topological polar surface area (TPSA) is 132 Å². The number of nitrogens with two attached hydrogens (primary N) is 3. The van der Waals surface area contributed by atoms with Crippen molar-refractivity contribution in [3.05, 3.63) is 71.8 Å². The lowest BCUT2D eigenvalue weighted by Crippen LogP contribution is -2.33. The van der Waals surface area contributed by atoms with E-state index in [1.165, 1.54) is 19.3 Å². The molecule has 0 bridgehead atoms. The van der Waals surface area contributed by atoms with Crippen molar-refractivity contribution in [1.82, 2.24) is 0 Å². The standard InChI is InChI=1S/C20H31NO.C11H20O2.C8H12N2.B/c1-14(2)17-10-9-15(3)13-18(17)20(22)12-11-19(21)16-7-5-4-6-8-16;1-7(2)9-5-4-8(3)6-10(9)11(12)13;9-6-8(10)7-4-2-1-3-5-7;/h4-8,14-15,17-19H,9-13,21H2,1-3H3;7-10H,4-6H2,1-3H3,(H,12,13);1-5,8H,6,9-10H2;/t15-,17+,18-,19-;8-,9+,10-;8-;/m111./s1. The Morgan fingerprint density at radius 2 is 1.13 bits per heavy atom. The van der Waals surface area contributed by atoms with Gasteiger partial charge in [0.2, 0.25) is 0 Å². The maximum atomic E-state index is 12.7. The smallest absolute Gasteiger partial charge is 0.306 e. The highest BCUT2D eigenvalue weighted by Gasteiger charge is 2.36. The quantitative estimate of drug-likeness (QED) is 0.198. The first-order chi connectivity index (χ1) is 21.3. The Hall–Kier alpha value is -2.48. The van der Waals surface area contributed by atoms with E-state index in [1.807, 2.05) is 48.5 Å². The van der Waals surface area contributed by atoms with Crippen LogP contribution in [-0.4, -0.2) is 31.8 Å². The minimum absolute atomic E-state index is 0. The molecule has 2 fully saturated rings. The van der Waals surface area contributed by atoms with Crippen LogP contribution in [0.5, 0.6) is 0 Å². The van der Waals surface area contributed by atoms with E-state index in [9.17, 15) is 9.59 Å². The molecule has 2 saturated carbocycles. The fraction of sp³-hybridized carbons (Fsp3) is 0.641. The van der Waals surface area contributed by atoms with Crippen molar-refractivity contribution in [3.63, 3.8) is 0 Å². The first-order valence-corrected chi connectivity index (χ1v) is 17.4. The van der Waals surface area contributed by atoms with Gasteiger partial charge >= 0.3 is 5.97 Å². The number of benzene rings is 2. The van der Waals surface area contributed by atoms with Crippen LogP contribution in [0.2, 0.25) is 0 Å². The molecule has 8 atom stereocenters. The van der Waals surface area contributed by atoms with Gasteiger partial charge < -0.3 is 22.3 Å². The van der Waals surface area contributed by atoms with Crippen molar-refractivity contribution in [2.24, 2.45) is 64.5 Å². The van der Waals surface area contributed by atoms with Gasteiger partial charge in [0, 0.05) is 39.4 Å². The predicted octanol–water partition coefficient (Wildman–Crippen LogP) is 7.79. The maximum absolute atomic E-state index is 12.7. The highest BCUT2D eigenvalue weighted by Crippen LogP contribution is 2.40. The van der Waals surface area contributed by atoms with Gasteiger partial charge in [-0.25, -0.2) is 0 Å². The van der Waals surface area contributed by atoms with Gasteiger partial charge in [-0.15, -0.1) is 0 Å². The van der Waals surface area contributed by atoms with E-state index >= 15 is 0 Å². The molecule has 2 aliphatic rings. The zero-order chi connectivity index (χ0) is 33.5. The van der Waals surface area contributed by atoms with Crippen LogP contribution in [0.4, 0.5) is 0 Å². The van der Waals surface area contributed by atoms with E-state index in [4.69, 9.17) is 22.3 Å². The van der Waals surface area contributed by atoms with E-state index in [-0.39, 0.29) is 32.3 Å². The molecule has 2 aromatic rings. The molecule has 7 heteroatoms. The van der Waals surface area contributed by atoms with Gasteiger partial charge in [-0.1, -0.05) is 115 Å². The number of carbonyl (C=O) groups excluding carboxylic acids is 1. The highest BCUT2D eigenvalue weighted by molar-refractivity contribution is 5.81. The summed E-state index contributed by atoms with van der Waals surface area (Å²) in [5.74, 6) is 3.36. The summed E-state index contributed by atoms with van der Waals surface area (Å²) in [4.78, 5) is 23.8. The molecule has 46 heavy (non-hydrogen) atoms. The Bertz CT molecular complexity index is 1110. The molecule has 0 unspecified atom stereocenters. The van der Waals surface area contributed by atoms with Crippen molar-refractivity contribution in [2.75, 3.05) is 6.54 Å². The third-order valence-electron chi connectivity index (χ3n) is 10.2. The van der Waals surface area contributed by atoms with Crippen LogP contribution < -0.4 is 17.2 Å². The number of rotatable bonds is 10. The Labute approximate surface area is 282 Å². The van der Waals surface area contributed by atoms with E-state index < -0.39 is 5.97 Å². The van der Waals surface area contributed by atoms with Gasteiger partial charge in [0.25, 0.3) is 0 Å². The molecule has 0 spiro atoms. The van der Waals surface area contributed by atoms with Gasteiger partial charge in [0.05, 0.1) is 5.92 Å². The summed E-state index contributed by atoms with van der Waals surface area (Å²) in [6.07, 6.45) is 8.11. The van der Waals surface area contributed by atoms with Gasteiger partial charge in [0.1, 0.15) is 5.78 Å². The lowest BCUT2D eigenvalue weighted by atomic mass is 9.68. The first-order valence-electron chi connectivity index (χ1n) is 17.4. The van der Waals surface area contributed by atoms with Crippen molar-refractivity contribution < 1.29 is 14.7 Å². The lowest BCUT2D eigenvalue weighted by Gasteiger charge is -2.36. The van der Waals surface area contributed by atoms with Crippen LogP contribution in [0.25, 0.3) is 0 Å². The van der Waals surface area contributed by atoms with Gasteiger partial charge in [-0.05, 0) is 78.7 Å². The van der Waals surface area contributed by atoms with Crippen LogP contribution in [0.1, 0.15) is 116 Å². The Morgan fingerprint density at radius 1 is 0.717 bits per heavy atom. The second-order valence-electron chi connectivity index (χ2n) is 14.5. The van der Waals surface area contributed by atoms with Gasteiger partial charge in [0.15, 0.2) is 0 Å². The fourth-order valence-electron chi connectivity index (χ4n) is 7.25. The van der Waals surface area contributed by atoms with E-state index in [1.54, 1.807) is 0 Å². The molecule has 7 N–H and O–H groups in total. The number of hydrogen-bond acceptors (Lipinski definition) is 5. The summed E-state index contributed by atoms with van der Waals surface area (Å²) in [5.41, 5.74) is 19.5. The highest BCUT2D eigenvalue weighted by atomic mass is 16.4. The molecule has 0 aromatic heterocycles. The lowest BCUT2D eigenvalue weighted by molar-refractivity contribution is -0.146. The number of hydrogen-bond donors (Lipinski definition) is 4. The molecule has 2 aliphatic carbocycles. The number of Topliss-reactive ketones (excluding diaryl/α,β-unsaturated/α-hetero) is 1. The molecule has 0 amide bonds. The van der Waals surface area contributed by atoms with Crippen molar-refractivity contribution in [3.8, 4) is 0 Å². The molecule has 4 rings (SSSR count). The SMILES string of the molecule is CC(C)[C@@H]1CC[C@@H](C)C[C@H]1C(=O)CC[C@@H](N)c1ccccc1.CC(C)[C@@H]1CC[C@@H](C)C[C@H]1C(=O)O.NC[C@@H](N)c1ccccc1.[B]. The summed E-state index contributed by atoms with van der Waals surface area (Å²) >= 11 is 0. The second-order valence-corrected chi connectivity index (χ2v) is 14.5. The summed E-state index contributed by atoms with van der Waals surface area (Å²) in [6.45, 7) is 13.7. The largest absolute Gasteiger partial charge is 0.481 e. The minimum atomic E-state index is -0.592. The molecule has 6 nitrogen and oxygen atoms in total. The maximum Gasteiger partial charge on any atom is 0.306 e. The average Bonchev–Trinajstić information content (AvgIpc) is 3.04. The third kappa shape index (κ3) is 13.7. The zero-order valence-corrected chi connectivity index (χ0v) is 29.5. The second kappa shape index (κ2) is 21.4. The van der Waals surface area contributed by atoms with Crippen molar-refractivity contribution >= 4 is 20.2 Å². The summed E-state index contributed by atoms with van der Waals surface area (Å²) in [7, 11) is 0. The predicted molar refractivity (Wildman–Crippen MR) is 193 cm³/mol. The number of aliphatic carboxylic acids is 1. The molecule has 0 aliphatic heterocycles. The molecule has 2 aromatic carbocycles. The average molecular weight is 633 g/mol. The van der Waals surface area contributed by atoms with E-state index in [0.717, 1.165) is 36.8 Å². The number of carbonyl (C=O) groups is 2. The molecule has 0 saturated heterocycles. The summed E-state index contributed by atoms with van der Waals surface area (Å²) in [6, 6.07) is 19.9. The van der Waals surface area contributed by atoms with E-state index in [0.29, 0.717) is 54.3 Å². The molecular weight excluding hydrogens is 569 g/mol. The van der Waals surface area contributed by atoms with Gasteiger partial charge in [-0.2, -0.15) is 0 Å². The summed E-state index contributed by atoms with van der Waals surface area (Å²) < 4.78 is 0. The normalized spacial score (nSPS) is 25.5. The molecule has 255 valence electrons. The monoisotopic (exact) mass is 632 g/mol. The summed E-state index contributed by atoms with van der Waals surface area (Å²) in [5, 5.41) is 9.08. The molecular formula is C39H63BN3O3. The van der Waals surface area contributed by atoms with Gasteiger partial charge in [-0.3, -0.25) is 9.59 Å². The molecule has 3 radical (unpaired) electrons. The number of carboxylic acids is 1. The van der Waals surface area contributed by atoms with Crippen LogP contribution >= 0.6 is 0 Å². The zero-order valence-electron chi connectivity index (χ0n) is 29.5. The Morgan fingerprint density at radius 3 is 1.54 bits per heavy atom. The fourth-order valence-corrected chi connectivity index (χ4v) is 7.25. The van der Waals surface area contributed by atoms with Crippen molar-refractivity contribution in [1.29, 1.82) is 0 Å². The van der Waals surface area contributed by atoms with Crippen molar-refractivity contribution in [2.45, 2.75) is 105 Å². The van der Waals surface area contributed by atoms with Crippen LogP contribution in [0, 0.1) is 47.3 Å². The minimum Gasteiger partial charge on any atom is -0.481 e. The number of ketones is 1. The first kappa shape index (κ1) is 41.5. The third-order valence-corrected chi connectivity index (χ3v) is 10.2. The molecule has 0 heterocycles. The van der Waals surface area contributed by atoms with Crippen LogP contribution in [-0.2, 0) is 9.59 Å². The van der Waals surface area contributed by atoms with Crippen LogP contribution in [0.15, 0.2) is 60.7 Å². The Balaban J connectivity index is 0.000000375. The Kier molecular flexibility index (Phi) is 19.3. The number of carboxylic acid groups (broad SMARTS) is 1. The van der Waals surface area contributed by atoms with Crippen LogP contribution in [0.3, 0.4) is 0 Å².